The molecule has 0 radical (unpaired) electrons. The minimum atomic E-state index is -2.71. The van der Waals surface area contributed by atoms with Gasteiger partial charge in [-0.3, -0.25) is 4.79 Å². The Bertz CT molecular complexity index is 424. The monoisotopic (exact) mass is 307 g/mol. The van der Waals surface area contributed by atoms with E-state index < -0.39 is 12.4 Å². The van der Waals surface area contributed by atoms with Gasteiger partial charge in [0.1, 0.15) is 10.3 Å². The second-order valence-electron chi connectivity index (χ2n) is 3.41. The highest BCUT2D eigenvalue weighted by Gasteiger charge is 2.20. The van der Waals surface area contributed by atoms with Crippen LogP contribution in [-0.4, -0.2) is 17.6 Å². The van der Waals surface area contributed by atoms with Crippen LogP contribution < -0.4 is 0 Å². The minimum absolute atomic E-state index is 0.181. The van der Waals surface area contributed by atoms with Crippen molar-refractivity contribution in [3.05, 3.63) is 27.5 Å². The van der Waals surface area contributed by atoms with Gasteiger partial charge in [-0.05, 0) is 47.0 Å². The number of hydrogen-bond acceptors (Lipinski definition) is 3. The van der Waals surface area contributed by atoms with Gasteiger partial charge in [-0.2, -0.15) is 0 Å². The van der Waals surface area contributed by atoms with Crippen LogP contribution in [0.5, 0.6) is 0 Å². The normalized spacial score (nSPS) is 10.7. The van der Waals surface area contributed by atoms with Crippen LogP contribution in [0.1, 0.15) is 30.2 Å². The van der Waals surface area contributed by atoms with Crippen LogP contribution in [0.25, 0.3) is 0 Å². The Morgan fingerprint density at radius 1 is 1.59 bits per heavy atom. The Morgan fingerprint density at radius 3 is 2.76 bits per heavy atom. The summed E-state index contributed by atoms with van der Waals surface area (Å²) in [7, 11) is 0. The predicted molar refractivity (Wildman–Crippen MR) is 62.0 cm³/mol. The van der Waals surface area contributed by atoms with Crippen molar-refractivity contribution >= 4 is 21.9 Å². The molecule has 1 aromatic rings. The second kappa shape index (κ2) is 6.05. The number of hydrogen-bond donors (Lipinski definition) is 0. The topological polar surface area (TPSA) is 39.2 Å². The first-order valence-electron chi connectivity index (χ1n) is 5.05. The van der Waals surface area contributed by atoms with Crippen LogP contribution >= 0.6 is 15.9 Å². The summed E-state index contributed by atoms with van der Waals surface area (Å²) in [5.41, 5.74) is 0.460. The number of nitrogens with zero attached hydrogens (tertiary/aromatic N) is 1. The largest absolute Gasteiger partial charge is 0.466 e. The fraction of sp³-hybridized carbons (Fsp3) is 0.455. The molecule has 0 aliphatic heterocycles. The summed E-state index contributed by atoms with van der Waals surface area (Å²) in [6.07, 6.45) is -2.89. The highest BCUT2D eigenvalue weighted by atomic mass is 79.9. The minimum Gasteiger partial charge on any atom is -0.466 e. The SMILES string of the molecule is CCOC(=O)Cc1c(C)cc(Br)nc1C(F)F. The number of alkyl halides is 2. The average molecular weight is 308 g/mol. The van der Waals surface area contributed by atoms with Crippen molar-refractivity contribution in [1.29, 1.82) is 0 Å². The van der Waals surface area contributed by atoms with Crippen molar-refractivity contribution in [3.8, 4) is 0 Å². The lowest BCUT2D eigenvalue weighted by Gasteiger charge is -2.11. The van der Waals surface area contributed by atoms with Crippen molar-refractivity contribution in [1.82, 2.24) is 4.98 Å². The average Bonchev–Trinajstić information content (AvgIpc) is 2.21. The van der Waals surface area contributed by atoms with Gasteiger partial charge in [0.25, 0.3) is 6.43 Å². The molecule has 17 heavy (non-hydrogen) atoms. The van der Waals surface area contributed by atoms with Gasteiger partial charge < -0.3 is 4.74 Å². The number of rotatable bonds is 4. The third-order valence-electron chi connectivity index (χ3n) is 2.18. The lowest BCUT2D eigenvalue weighted by molar-refractivity contribution is -0.142. The van der Waals surface area contributed by atoms with E-state index in [2.05, 4.69) is 20.9 Å². The Morgan fingerprint density at radius 2 is 2.24 bits per heavy atom. The smallest absolute Gasteiger partial charge is 0.310 e. The van der Waals surface area contributed by atoms with Gasteiger partial charge >= 0.3 is 5.97 Å². The molecule has 94 valence electrons. The second-order valence-corrected chi connectivity index (χ2v) is 4.22. The maximum atomic E-state index is 12.8. The number of aryl methyl sites for hydroxylation is 1. The molecule has 0 bridgehead atoms. The molecular weight excluding hydrogens is 296 g/mol. The first kappa shape index (κ1) is 14.0. The van der Waals surface area contributed by atoms with Gasteiger partial charge in [0.2, 0.25) is 0 Å². The molecule has 0 aliphatic rings. The first-order valence-corrected chi connectivity index (χ1v) is 5.84. The number of pyridine rings is 1. The van der Waals surface area contributed by atoms with E-state index in [0.29, 0.717) is 10.2 Å². The maximum absolute atomic E-state index is 12.8. The maximum Gasteiger partial charge on any atom is 0.310 e. The summed E-state index contributed by atoms with van der Waals surface area (Å²) in [4.78, 5) is 15.0. The van der Waals surface area contributed by atoms with E-state index in [-0.39, 0.29) is 24.3 Å². The van der Waals surface area contributed by atoms with E-state index >= 15 is 0 Å². The fourth-order valence-corrected chi connectivity index (χ4v) is 1.98. The van der Waals surface area contributed by atoms with Crippen LogP contribution in [0, 0.1) is 6.92 Å². The molecule has 3 nitrogen and oxygen atoms in total. The van der Waals surface area contributed by atoms with Crippen molar-refractivity contribution < 1.29 is 18.3 Å². The highest BCUT2D eigenvalue weighted by molar-refractivity contribution is 9.10. The number of aromatic nitrogens is 1. The standard InChI is InChI=1S/C11H12BrF2NO2/c1-3-17-9(16)5-7-6(2)4-8(12)15-10(7)11(13)14/h4,11H,3,5H2,1-2H3. The number of ether oxygens (including phenoxy) is 1. The fourth-order valence-electron chi connectivity index (χ4n) is 1.45. The summed E-state index contributed by atoms with van der Waals surface area (Å²) in [5, 5.41) is 0. The van der Waals surface area contributed by atoms with Gasteiger partial charge in [0.05, 0.1) is 13.0 Å². The van der Waals surface area contributed by atoms with Gasteiger partial charge in [0, 0.05) is 0 Å². The molecule has 1 heterocycles. The summed E-state index contributed by atoms with van der Waals surface area (Å²) < 4.78 is 30.7. The summed E-state index contributed by atoms with van der Waals surface area (Å²) in [6.45, 7) is 3.55. The number of carbonyl (C=O) groups is 1. The molecule has 0 N–H and O–H groups in total. The molecule has 0 fully saturated rings. The van der Waals surface area contributed by atoms with Gasteiger partial charge in [0.15, 0.2) is 0 Å². The van der Waals surface area contributed by atoms with E-state index in [4.69, 9.17) is 4.74 Å². The Kier molecular flexibility index (Phi) is 4.99. The van der Waals surface area contributed by atoms with Crippen LogP contribution in [0.15, 0.2) is 10.7 Å². The molecule has 0 spiro atoms. The van der Waals surface area contributed by atoms with Crippen molar-refractivity contribution in [2.24, 2.45) is 0 Å². The van der Waals surface area contributed by atoms with Gasteiger partial charge in [-0.1, -0.05) is 0 Å². The molecule has 0 aromatic carbocycles. The predicted octanol–water partition coefficient (Wildman–Crippen LogP) is 3.20. The lowest BCUT2D eigenvalue weighted by atomic mass is 10.0. The molecule has 0 unspecified atom stereocenters. The lowest BCUT2D eigenvalue weighted by Crippen LogP contribution is -2.12. The molecule has 0 aliphatic carbocycles. The van der Waals surface area contributed by atoms with Crippen molar-refractivity contribution in [2.75, 3.05) is 6.61 Å². The molecule has 0 saturated carbocycles. The van der Waals surface area contributed by atoms with Gasteiger partial charge in [-0.25, -0.2) is 13.8 Å². The van der Waals surface area contributed by atoms with Crippen molar-refractivity contribution in [3.63, 3.8) is 0 Å². The zero-order chi connectivity index (χ0) is 13.0. The first-order chi connectivity index (χ1) is 7.95. The molecule has 1 rings (SSSR count). The van der Waals surface area contributed by atoms with E-state index in [0.717, 1.165) is 0 Å². The molecule has 1 aromatic heterocycles. The van der Waals surface area contributed by atoms with Crippen LogP contribution in [0.3, 0.4) is 0 Å². The number of esters is 1. The summed E-state index contributed by atoms with van der Waals surface area (Å²) >= 11 is 3.05. The summed E-state index contributed by atoms with van der Waals surface area (Å²) in [5.74, 6) is -0.526. The Labute approximate surface area is 106 Å². The zero-order valence-electron chi connectivity index (χ0n) is 9.47. The van der Waals surface area contributed by atoms with Crippen LogP contribution in [-0.2, 0) is 16.0 Å². The zero-order valence-corrected chi connectivity index (χ0v) is 11.1. The number of carbonyl (C=O) groups excluding carboxylic acids is 1. The third kappa shape index (κ3) is 3.73. The molecule has 0 amide bonds. The van der Waals surface area contributed by atoms with Gasteiger partial charge in [-0.15, -0.1) is 0 Å². The number of halogens is 3. The van der Waals surface area contributed by atoms with E-state index in [1.165, 1.54) is 0 Å². The van der Waals surface area contributed by atoms with E-state index in [1.807, 2.05) is 0 Å². The van der Waals surface area contributed by atoms with Crippen LogP contribution in [0.4, 0.5) is 8.78 Å². The Hall–Kier alpha value is -1.04. The third-order valence-corrected chi connectivity index (χ3v) is 2.59. The molecular formula is C11H12BrF2NO2. The van der Waals surface area contributed by atoms with Crippen molar-refractivity contribution in [2.45, 2.75) is 26.7 Å². The molecule has 0 atom stereocenters. The quantitative estimate of drug-likeness (QED) is 0.633. The van der Waals surface area contributed by atoms with E-state index in [1.54, 1.807) is 19.9 Å². The highest BCUT2D eigenvalue weighted by Crippen LogP contribution is 2.26. The summed E-state index contributed by atoms with van der Waals surface area (Å²) in [6, 6.07) is 1.60. The van der Waals surface area contributed by atoms with Crippen LogP contribution in [0.2, 0.25) is 0 Å². The Balaban J connectivity index is 3.08. The van der Waals surface area contributed by atoms with E-state index in [9.17, 15) is 13.6 Å². The molecule has 0 saturated heterocycles. The molecule has 6 heteroatoms.